The van der Waals surface area contributed by atoms with Crippen molar-refractivity contribution in [3.05, 3.63) is 86.8 Å². The molecule has 0 amide bonds. The summed E-state index contributed by atoms with van der Waals surface area (Å²) in [6.07, 6.45) is 0. The Morgan fingerprint density at radius 2 is 1.44 bits per heavy atom. The van der Waals surface area contributed by atoms with Gasteiger partial charge in [0.15, 0.2) is 0 Å². The average molecular weight is 434 g/mol. The van der Waals surface area contributed by atoms with Crippen LogP contribution in [0.15, 0.2) is 66.7 Å². The van der Waals surface area contributed by atoms with Gasteiger partial charge in [0.1, 0.15) is 5.82 Å². The predicted octanol–water partition coefficient (Wildman–Crippen LogP) is 8.02. The smallest absolute Gasteiger partial charge is 0.138 e. The third-order valence-corrected chi connectivity index (χ3v) is 5.72. The van der Waals surface area contributed by atoms with Gasteiger partial charge in [0, 0.05) is 16.7 Å². The molecule has 27 heavy (non-hydrogen) atoms. The van der Waals surface area contributed by atoms with Crippen molar-refractivity contribution in [3.8, 4) is 33.9 Å². The monoisotopic (exact) mass is 432 g/mol. The summed E-state index contributed by atoms with van der Waals surface area (Å²) in [6.45, 7) is 0. The lowest BCUT2D eigenvalue weighted by Gasteiger charge is -2.06. The molecule has 1 N–H and O–H groups in total. The zero-order valence-corrected chi connectivity index (χ0v) is 16.8. The van der Waals surface area contributed by atoms with E-state index in [4.69, 9.17) is 51.4 Å². The molecule has 134 valence electrons. The first-order valence-electron chi connectivity index (χ1n) is 8.10. The van der Waals surface area contributed by atoms with E-state index in [-0.39, 0.29) is 0 Å². The van der Waals surface area contributed by atoms with Crippen LogP contribution in [0, 0.1) is 0 Å². The highest BCUT2D eigenvalue weighted by Gasteiger charge is 2.18. The van der Waals surface area contributed by atoms with Crippen LogP contribution in [0.25, 0.3) is 33.9 Å². The lowest BCUT2D eigenvalue weighted by atomic mass is 10.1. The molecule has 6 heteroatoms. The molecule has 0 fully saturated rings. The average Bonchev–Trinajstić information content (AvgIpc) is 3.12. The zero-order chi connectivity index (χ0) is 19.0. The molecule has 0 atom stereocenters. The highest BCUT2D eigenvalue weighted by molar-refractivity contribution is 6.44. The van der Waals surface area contributed by atoms with Crippen LogP contribution in [0.4, 0.5) is 0 Å². The van der Waals surface area contributed by atoms with Crippen LogP contribution in [-0.4, -0.2) is 9.97 Å². The summed E-state index contributed by atoms with van der Waals surface area (Å²) in [7, 11) is 0. The fourth-order valence-electron chi connectivity index (χ4n) is 2.85. The van der Waals surface area contributed by atoms with Crippen LogP contribution < -0.4 is 0 Å². The molecule has 4 rings (SSSR count). The Morgan fingerprint density at radius 1 is 0.667 bits per heavy atom. The number of benzene rings is 3. The number of halogens is 4. The van der Waals surface area contributed by atoms with Crippen LogP contribution in [0.3, 0.4) is 0 Å². The number of H-pyrrole nitrogens is 1. The SMILES string of the molecule is Clc1ccc(-c2nc(-c3ccccc3)c(-c3cccc(Cl)c3Cl)[nH]2)cc1Cl. The molecular formula is C21H12Cl4N2. The van der Waals surface area contributed by atoms with E-state index >= 15 is 0 Å². The second-order valence-electron chi connectivity index (χ2n) is 5.91. The van der Waals surface area contributed by atoms with Gasteiger partial charge in [-0.3, -0.25) is 0 Å². The van der Waals surface area contributed by atoms with Crippen molar-refractivity contribution in [2.75, 3.05) is 0 Å². The number of nitrogens with zero attached hydrogens (tertiary/aromatic N) is 1. The largest absolute Gasteiger partial charge is 0.337 e. The fourth-order valence-corrected chi connectivity index (χ4v) is 3.54. The van der Waals surface area contributed by atoms with Gasteiger partial charge in [0.05, 0.1) is 31.5 Å². The predicted molar refractivity (Wildman–Crippen MR) is 115 cm³/mol. The minimum absolute atomic E-state index is 0.467. The number of hydrogen-bond donors (Lipinski definition) is 1. The van der Waals surface area contributed by atoms with Crippen molar-refractivity contribution in [1.82, 2.24) is 9.97 Å². The number of rotatable bonds is 3. The molecule has 0 saturated carbocycles. The van der Waals surface area contributed by atoms with Gasteiger partial charge in [-0.2, -0.15) is 0 Å². The van der Waals surface area contributed by atoms with Gasteiger partial charge in [-0.05, 0) is 24.3 Å². The number of aromatic nitrogens is 2. The van der Waals surface area contributed by atoms with Crippen molar-refractivity contribution in [2.24, 2.45) is 0 Å². The van der Waals surface area contributed by atoms with Gasteiger partial charge >= 0.3 is 0 Å². The second kappa shape index (κ2) is 7.57. The van der Waals surface area contributed by atoms with Gasteiger partial charge in [-0.25, -0.2) is 4.98 Å². The Morgan fingerprint density at radius 3 is 2.19 bits per heavy atom. The lowest BCUT2D eigenvalue weighted by molar-refractivity contribution is 1.31. The Labute approximate surface area is 176 Å². The molecule has 1 aromatic heterocycles. The normalized spacial score (nSPS) is 11.0. The molecule has 0 aliphatic rings. The van der Waals surface area contributed by atoms with Crippen molar-refractivity contribution >= 4 is 46.4 Å². The topological polar surface area (TPSA) is 28.7 Å². The maximum atomic E-state index is 6.47. The lowest BCUT2D eigenvalue weighted by Crippen LogP contribution is -1.85. The van der Waals surface area contributed by atoms with Crippen LogP contribution in [0.1, 0.15) is 0 Å². The van der Waals surface area contributed by atoms with Crippen LogP contribution >= 0.6 is 46.4 Å². The molecule has 0 radical (unpaired) electrons. The molecule has 2 nitrogen and oxygen atoms in total. The standard InChI is InChI=1S/C21H12Cl4N2/c22-15-10-9-13(11-17(15)24)21-26-19(12-5-2-1-3-6-12)20(27-21)14-7-4-8-16(23)18(14)25/h1-11H,(H,26,27). The summed E-state index contributed by atoms with van der Waals surface area (Å²) in [5, 5.41) is 1.92. The van der Waals surface area contributed by atoms with E-state index in [0.717, 1.165) is 28.1 Å². The van der Waals surface area contributed by atoms with Gasteiger partial charge in [0.25, 0.3) is 0 Å². The maximum Gasteiger partial charge on any atom is 0.138 e. The summed E-state index contributed by atoms with van der Waals surface area (Å²) in [4.78, 5) is 8.18. The van der Waals surface area contributed by atoms with E-state index < -0.39 is 0 Å². The third-order valence-electron chi connectivity index (χ3n) is 4.17. The maximum absolute atomic E-state index is 6.47. The fraction of sp³-hybridized carbons (Fsp3) is 0. The van der Waals surface area contributed by atoms with Gasteiger partial charge in [-0.15, -0.1) is 0 Å². The molecule has 1 heterocycles. The van der Waals surface area contributed by atoms with Crippen LogP contribution in [0.2, 0.25) is 20.1 Å². The molecule has 0 bridgehead atoms. The van der Waals surface area contributed by atoms with Crippen molar-refractivity contribution in [3.63, 3.8) is 0 Å². The van der Waals surface area contributed by atoms with E-state index in [1.165, 1.54) is 0 Å². The first-order chi connectivity index (χ1) is 13.0. The Hall–Kier alpha value is -1.97. The highest BCUT2D eigenvalue weighted by atomic mass is 35.5. The first kappa shape index (κ1) is 18.4. The van der Waals surface area contributed by atoms with Gasteiger partial charge < -0.3 is 4.98 Å². The summed E-state index contributed by atoms with van der Waals surface area (Å²) >= 11 is 24.9. The molecular weight excluding hydrogens is 422 g/mol. The quantitative estimate of drug-likeness (QED) is 0.348. The summed E-state index contributed by atoms with van der Waals surface area (Å²) < 4.78 is 0. The van der Waals surface area contributed by atoms with E-state index in [9.17, 15) is 0 Å². The van der Waals surface area contributed by atoms with Crippen LogP contribution in [0.5, 0.6) is 0 Å². The van der Waals surface area contributed by atoms with E-state index in [1.54, 1.807) is 18.2 Å². The van der Waals surface area contributed by atoms with Crippen LogP contribution in [-0.2, 0) is 0 Å². The molecule has 0 unspecified atom stereocenters. The van der Waals surface area contributed by atoms with Crippen molar-refractivity contribution < 1.29 is 0 Å². The van der Waals surface area contributed by atoms with E-state index in [2.05, 4.69) is 4.98 Å². The first-order valence-corrected chi connectivity index (χ1v) is 9.61. The molecule has 0 aliphatic carbocycles. The highest BCUT2D eigenvalue weighted by Crippen LogP contribution is 2.39. The summed E-state index contributed by atoms with van der Waals surface area (Å²) in [5.41, 5.74) is 4.13. The number of imidazole rings is 1. The van der Waals surface area contributed by atoms with E-state index in [0.29, 0.717) is 25.9 Å². The Kier molecular flexibility index (Phi) is 5.16. The third kappa shape index (κ3) is 3.59. The van der Waals surface area contributed by atoms with E-state index in [1.807, 2.05) is 48.5 Å². The minimum Gasteiger partial charge on any atom is -0.337 e. The second-order valence-corrected chi connectivity index (χ2v) is 7.50. The number of nitrogens with one attached hydrogen (secondary N) is 1. The molecule has 4 aromatic rings. The molecule has 0 spiro atoms. The van der Waals surface area contributed by atoms with Crippen molar-refractivity contribution in [2.45, 2.75) is 0 Å². The zero-order valence-electron chi connectivity index (χ0n) is 13.8. The number of hydrogen-bond acceptors (Lipinski definition) is 1. The summed E-state index contributed by atoms with van der Waals surface area (Å²) in [6, 6.07) is 20.8. The minimum atomic E-state index is 0.467. The molecule has 0 aliphatic heterocycles. The van der Waals surface area contributed by atoms with Crippen molar-refractivity contribution in [1.29, 1.82) is 0 Å². The molecule has 0 saturated heterocycles. The Bertz CT molecular complexity index is 1120. The Balaban J connectivity index is 1.95. The molecule has 3 aromatic carbocycles. The van der Waals surface area contributed by atoms with Gasteiger partial charge in [0.2, 0.25) is 0 Å². The number of aromatic amines is 1. The summed E-state index contributed by atoms with van der Waals surface area (Å²) in [5.74, 6) is 0.665. The van der Waals surface area contributed by atoms with Gasteiger partial charge in [-0.1, -0.05) is 88.9 Å².